The quantitative estimate of drug-likeness (QED) is 0.451. The smallest absolute Gasteiger partial charge is 0.121 e. The van der Waals surface area contributed by atoms with Gasteiger partial charge in [-0.25, -0.2) is 0 Å². The van der Waals surface area contributed by atoms with Gasteiger partial charge in [-0.15, -0.1) is 46.4 Å². The zero-order chi connectivity index (χ0) is 13.7. The Hall–Kier alpha value is 2.06. The molecule has 6 atom stereocenters. The van der Waals surface area contributed by atoms with Crippen LogP contribution in [0, 0.1) is 11.8 Å². The molecule has 0 aromatic carbocycles. The summed E-state index contributed by atoms with van der Waals surface area (Å²) >= 11 is 51.0. The molecule has 0 N–H and O–H groups in total. The highest BCUT2D eigenvalue weighted by atomic mass is 35.5. The van der Waals surface area contributed by atoms with E-state index in [-0.39, 0.29) is 27.3 Å². The summed E-state index contributed by atoms with van der Waals surface area (Å²) in [4.78, 5) is -2.50. The van der Waals surface area contributed by atoms with Crippen molar-refractivity contribution in [1.82, 2.24) is 0 Å². The highest BCUT2D eigenvalue weighted by Gasteiger charge is 2.84. The molecule has 0 heterocycles. The van der Waals surface area contributed by atoms with Gasteiger partial charge in [-0.05, 0) is 12.3 Å². The first-order valence-corrected chi connectivity index (χ1v) is 8.35. The lowest BCUT2D eigenvalue weighted by Crippen LogP contribution is -2.47. The average molecular weight is 410 g/mol. The Morgan fingerprint density at radius 3 is 1.94 bits per heavy atom. The molecule has 3 aliphatic carbocycles. The van der Waals surface area contributed by atoms with Crippen LogP contribution in [0.2, 0.25) is 0 Å². The van der Waals surface area contributed by atoms with E-state index in [1.165, 1.54) is 0 Å². The maximum Gasteiger partial charge on any atom is 0.166 e. The van der Waals surface area contributed by atoms with Gasteiger partial charge in [-0.3, -0.25) is 0 Å². The fourth-order valence-electron chi connectivity index (χ4n) is 3.48. The SMILES string of the molecule is ClC1=C(Cl)C2(Cl)[C@@H]3C[C@@H](Cl)[C@@H](Cl)[C@@H]3C1(Cl)C2(Cl)Cl. The van der Waals surface area contributed by atoms with Crippen LogP contribution in [0.3, 0.4) is 0 Å². The lowest BCUT2D eigenvalue weighted by Gasteiger charge is -2.35. The van der Waals surface area contributed by atoms with Crippen LogP contribution in [-0.2, 0) is 0 Å². The largest absolute Gasteiger partial charge is 0.166 e. The Morgan fingerprint density at radius 1 is 0.889 bits per heavy atom. The van der Waals surface area contributed by atoms with E-state index in [1.54, 1.807) is 0 Å². The third-order valence-electron chi connectivity index (χ3n) is 4.32. The van der Waals surface area contributed by atoms with Gasteiger partial charge in [0.25, 0.3) is 0 Å². The Bertz CT molecular complexity index is 459. The van der Waals surface area contributed by atoms with Gasteiger partial charge in [-0.1, -0.05) is 46.4 Å². The van der Waals surface area contributed by atoms with Crippen molar-refractivity contribution in [2.45, 2.75) is 31.3 Å². The number of alkyl halides is 6. The average Bonchev–Trinajstić information content (AvgIpc) is 2.69. The van der Waals surface area contributed by atoms with Gasteiger partial charge < -0.3 is 0 Å². The van der Waals surface area contributed by atoms with Crippen LogP contribution in [0.4, 0.5) is 0 Å². The Balaban J connectivity index is 2.26. The molecule has 0 amide bonds. The van der Waals surface area contributed by atoms with E-state index in [2.05, 4.69) is 0 Å². The number of fused-ring (bicyclic) bond motifs is 5. The summed E-state index contributed by atoms with van der Waals surface area (Å²) < 4.78 is -1.50. The number of hydrogen-bond acceptors (Lipinski definition) is 0. The molecular formula is C10H6Cl8. The lowest BCUT2D eigenvalue weighted by atomic mass is 9.84. The van der Waals surface area contributed by atoms with Crippen LogP contribution < -0.4 is 0 Å². The van der Waals surface area contributed by atoms with Crippen LogP contribution in [0.5, 0.6) is 0 Å². The molecule has 2 saturated carbocycles. The molecule has 2 bridgehead atoms. The Morgan fingerprint density at radius 2 is 1.39 bits per heavy atom. The predicted molar refractivity (Wildman–Crippen MR) is 81.2 cm³/mol. The minimum Gasteiger partial charge on any atom is -0.121 e. The topological polar surface area (TPSA) is 0 Å². The molecule has 102 valence electrons. The van der Waals surface area contributed by atoms with E-state index in [4.69, 9.17) is 92.8 Å². The van der Waals surface area contributed by atoms with Gasteiger partial charge in [0.2, 0.25) is 0 Å². The zero-order valence-corrected chi connectivity index (χ0v) is 14.6. The fourth-order valence-corrected chi connectivity index (χ4v) is 7.46. The summed E-state index contributed by atoms with van der Waals surface area (Å²) in [6.45, 7) is 0. The highest BCUT2D eigenvalue weighted by Crippen LogP contribution is 2.79. The Labute approximate surface area is 145 Å². The van der Waals surface area contributed by atoms with Gasteiger partial charge in [-0.2, -0.15) is 0 Å². The molecule has 8 heteroatoms. The second kappa shape index (κ2) is 4.07. The van der Waals surface area contributed by atoms with Crippen molar-refractivity contribution in [2.75, 3.05) is 0 Å². The normalized spacial score (nSPS) is 57.3. The minimum atomic E-state index is -1.50. The van der Waals surface area contributed by atoms with E-state index < -0.39 is 19.5 Å². The van der Waals surface area contributed by atoms with Gasteiger partial charge in [0, 0.05) is 5.92 Å². The standard InChI is InChI=1S/C10H6Cl8/c11-3-1-2-4(5(3)12)9(16)7(14)6(13)8(2,15)10(9,17)18/h2-5H,1H2/t2-,3-,4-,5-,8?,9?/m1/s1. The molecule has 0 saturated heterocycles. The summed E-state index contributed by atoms with van der Waals surface area (Å²) in [6, 6.07) is 0. The monoisotopic (exact) mass is 406 g/mol. The summed E-state index contributed by atoms with van der Waals surface area (Å²) in [7, 11) is 0. The van der Waals surface area contributed by atoms with Crippen molar-refractivity contribution < 1.29 is 0 Å². The van der Waals surface area contributed by atoms with Gasteiger partial charge in [0.15, 0.2) is 4.33 Å². The zero-order valence-electron chi connectivity index (χ0n) is 8.54. The lowest BCUT2D eigenvalue weighted by molar-refractivity contribution is 0.385. The molecular weight excluding hydrogens is 404 g/mol. The first-order chi connectivity index (χ1) is 8.11. The predicted octanol–water partition coefficient (Wildman–Crippen LogP) is 5.68. The first-order valence-electron chi connectivity index (χ1n) is 5.21. The van der Waals surface area contributed by atoms with E-state index in [9.17, 15) is 0 Å². The first kappa shape index (κ1) is 15.0. The molecule has 3 rings (SSSR count). The number of rotatable bonds is 0. The number of hydrogen-bond donors (Lipinski definition) is 0. The third-order valence-corrected chi connectivity index (χ3v) is 9.79. The van der Waals surface area contributed by atoms with Crippen molar-refractivity contribution in [1.29, 1.82) is 0 Å². The number of allylic oxidation sites excluding steroid dienone is 2. The summed E-state index contributed by atoms with van der Waals surface area (Å²) in [5, 5.41) is -0.259. The molecule has 2 fully saturated rings. The maximum absolute atomic E-state index is 6.62. The fraction of sp³-hybridized carbons (Fsp3) is 0.800. The van der Waals surface area contributed by atoms with E-state index in [1.807, 2.05) is 0 Å². The molecule has 2 unspecified atom stereocenters. The van der Waals surface area contributed by atoms with Gasteiger partial charge in [0.05, 0.1) is 20.8 Å². The van der Waals surface area contributed by atoms with Crippen LogP contribution in [0.15, 0.2) is 10.1 Å². The molecule has 0 aliphatic heterocycles. The summed E-state index contributed by atoms with van der Waals surface area (Å²) in [6.07, 6.45) is 0.555. The minimum absolute atomic E-state index is 0.184. The molecule has 0 nitrogen and oxygen atoms in total. The van der Waals surface area contributed by atoms with Crippen LogP contribution in [0.1, 0.15) is 6.42 Å². The number of halogens is 8. The van der Waals surface area contributed by atoms with Crippen LogP contribution >= 0.6 is 92.8 Å². The maximum atomic E-state index is 6.62. The summed E-state index contributed by atoms with van der Waals surface area (Å²) in [5.41, 5.74) is 0. The molecule has 18 heavy (non-hydrogen) atoms. The Kier molecular flexibility index (Phi) is 3.39. The molecule has 0 spiro atoms. The molecule has 3 aliphatic rings. The van der Waals surface area contributed by atoms with Gasteiger partial charge in [0.1, 0.15) is 9.75 Å². The van der Waals surface area contributed by atoms with Crippen molar-refractivity contribution >= 4 is 92.8 Å². The van der Waals surface area contributed by atoms with E-state index >= 15 is 0 Å². The van der Waals surface area contributed by atoms with Crippen molar-refractivity contribution in [3.8, 4) is 0 Å². The molecule has 0 radical (unpaired) electrons. The van der Waals surface area contributed by atoms with Crippen molar-refractivity contribution in [3.63, 3.8) is 0 Å². The van der Waals surface area contributed by atoms with E-state index in [0.717, 1.165) is 0 Å². The van der Waals surface area contributed by atoms with Crippen molar-refractivity contribution in [2.24, 2.45) is 11.8 Å². The molecule has 0 aromatic rings. The van der Waals surface area contributed by atoms with Crippen molar-refractivity contribution in [3.05, 3.63) is 10.1 Å². The highest BCUT2D eigenvalue weighted by molar-refractivity contribution is 6.66. The molecule has 0 aromatic heterocycles. The van der Waals surface area contributed by atoms with E-state index in [0.29, 0.717) is 6.42 Å². The third kappa shape index (κ3) is 1.28. The second-order valence-corrected chi connectivity index (χ2v) is 9.29. The van der Waals surface area contributed by atoms with Crippen LogP contribution in [0.25, 0.3) is 0 Å². The summed E-state index contributed by atoms with van der Waals surface area (Å²) in [5.74, 6) is -0.488. The second-order valence-electron chi connectivity index (χ2n) is 4.95. The van der Waals surface area contributed by atoms with Gasteiger partial charge >= 0.3 is 0 Å². The van der Waals surface area contributed by atoms with Crippen LogP contribution in [-0.4, -0.2) is 24.8 Å².